The molecule has 0 saturated heterocycles. The summed E-state index contributed by atoms with van der Waals surface area (Å²) in [6.07, 6.45) is -5.84. The molecule has 6 heteroatoms. The van der Waals surface area contributed by atoms with Gasteiger partial charge < -0.3 is 5.11 Å². The van der Waals surface area contributed by atoms with Crippen LogP contribution in [0, 0.1) is 0 Å². The van der Waals surface area contributed by atoms with Gasteiger partial charge in [0.25, 0.3) is 0 Å². The summed E-state index contributed by atoms with van der Waals surface area (Å²) in [5, 5.41) is 8.35. The normalized spacial score (nSPS) is 11.2. The summed E-state index contributed by atoms with van der Waals surface area (Å²) in [5.41, 5.74) is -1.11. The maximum Gasteiger partial charge on any atom is 0.416 e. The number of Topliss-reactive ketones (excluding diaryl/α,β-unsaturated/α-hetero) is 1. The number of aliphatic carboxylic acids is 1. The molecular formula is C11H9F3O3. The van der Waals surface area contributed by atoms with Gasteiger partial charge in [0.2, 0.25) is 0 Å². The highest BCUT2D eigenvalue weighted by Crippen LogP contribution is 2.32. The zero-order valence-corrected chi connectivity index (χ0v) is 8.62. The molecule has 3 nitrogen and oxygen atoms in total. The van der Waals surface area contributed by atoms with E-state index in [-0.39, 0.29) is 5.56 Å². The number of ketones is 1. The van der Waals surface area contributed by atoms with Gasteiger partial charge in [-0.15, -0.1) is 0 Å². The molecule has 1 rings (SSSR count). The molecule has 0 aromatic heterocycles. The number of carboxylic acid groups (broad SMARTS) is 1. The van der Waals surface area contributed by atoms with E-state index in [0.717, 1.165) is 6.07 Å². The molecule has 0 spiro atoms. The number of hydrogen-bond donors (Lipinski definition) is 1. The molecule has 1 aromatic rings. The second-order valence-corrected chi connectivity index (χ2v) is 3.44. The standard InChI is InChI=1S/C11H9F3O3/c12-11(13,14)9-4-2-1-3-7(9)5-8(15)6-10(16)17/h1-4H,5-6H2,(H,16,17). The Morgan fingerprint density at radius 3 is 2.29 bits per heavy atom. The third kappa shape index (κ3) is 3.90. The van der Waals surface area contributed by atoms with E-state index in [1.807, 2.05) is 0 Å². The summed E-state index contributed by atoms with van der Waals surface area (Å²) >= 11 is 0. The maximum absolute atomic E-state index is 12.5. The number of carbonyl (C=O) groups is 2. The van der Waals surface area contributed by atoms with Gasteiger partial charge in [0.05, 0.1) is 5.56 Å². The van der Waals surface area contributed by atoms with Crippen LogP contribution >= 0.6 is 0 Å². The van der Waals surface area contributed by atoms with Crippen LogP contribution in [0.1, 0.15) is 17.5 Å². The second-order valence-electron chi connectivity index (χ2n) is 3.44. The fraction of sp³-hybridized carbons (Fsp3) is 0.273. The van der Waals surface area contributed by atoms with Crippen LogP contribution in [0.15, 0.2) is 24.3 Å². The van der Waals surface area contributed by atoms with Crippen molar-refractivity contribution in [2.75, 3.05) is 0 Å². The van der Waals surface area contributed by atoms with E-state index in [2.05, 4.69) is 0 Å². The Hall–Kier alpha value is -1.85. The summed E-state index contributed by atoms with van der Waals surface area (Å²) < 4.78 is 37.6. The molecule has 0 atom stereocenters. The van der Waals surface area contributed by atoms with Gasteiger partial charge in [-0.2, -0.15) is 13.2 Å². The van der Waals surface area contributed by atoms with E-state index in [1.54, 1.807) is 0 Å². The van der Waals surface area contributed by atoms with Crippen molar-refractivity contribution in [2.45, 2.75) is 19.0 Å². The van der Waals surface area contributed by atoms with Crippen molar-refractivity contribution in [1.82, 2.24) is 0 Å². The molecule has 0 aliphatic heterocycles. The van der Waals surface area contributed by atoms with E-state index in [9.17, 15) is 22.8 Å². The molecule has 0 aliphatic carbocycles. The Morgan fingerprint density at radius 2 is 1.76 bits per heavy atom. The van der Waals surface area contributed by atoms with Gasteiger partial charge in [-0.3, -0.25) is 9.59 Å². The largest absolute Gasteiger partial charge is 0.481 e. The Bertz CT molecular complexity index is 438. The van der Waals surface area contributed by atoms with E-state index >= 15 is 0 Å². The Kier molecular flexibility index (Phi) is 3.88. The van der Waals surface area contributed by atoms with Crippen molar-refractivity contribution < 1.29 is 27.9 Å². The van der Waals surface area contributed by atoms with E-state index < -0.39 is 36.3 Å². The van der Waals surface area contributed by atoms with Crippen molar-refractivity contribution in [2.24, 2.45) is 0 Å². The van der Waals surface area contributed by atoms with Crippen LogP contribution in [-0.2, 0) is 22.2 Å². The predicted molar refractivity (Wildman–Crippen MR) is 52.4 cm³/mol. The highest BCUT2D eigenvalue weighted by molar-refractivity contribution is 5.95. The van der Waals surface area contributed by atoms with Crippen molar-refractivity contribution in [3.63, 3.8) is 0 Å². The van der Waals surface area contributed by atoms with Crippen LogP contribution in [-0.4, -0.2) is 16.9 Å². The molecular weight excluding hydrogens is 237 g/mol. The smallest absolute Gasteiger partial charge is 0.416 e. The van der Waals surface area contributed by atoms with Gasteiger partial charge >= 0.3 is 12.1 Å². The van der Waals surface area contributed by atoms with Crippen LogP contribution in [0.4, 0.5) is 13.2 Å². The first kappa shape index (κ1) is 13.2. The Balaban J connectivity index is 2.92. The number of benzene rings is 1. The van der Waals surface area contributed by atoms with Crippen molar-refractivity contribution in [3.8, 4) is 0 Å². The number of halogens is 3. The van der Waals surface area contributed by atoms with Gasteiger partial charge in [0.1, 0.15) is 12.2 Å². The third-order valence-electron chi connectivity index (χ3n) is 2.06. The summed E-state index contributed by atoms with van der Waals surface area (Å²) in [6, 6.07) is 4.62. The number of rotatable bonds is 4. The molecule has 0 bridgehead atoms. The van der Waals surface area contributed by atoms with Crippen molar-refractivity contribution in [3.05, 3.63) is 35.4 Å². The van der Waals surface area contributed by atoms with Crippen molar-refractivity contribution in [1.29, 1.82) is 0 Å². The zero-order valence-electron chi connectivity index (χ0n) is 8.62. The lowest BCUT2D eigenvalue weighted by Crippen LogP contribution is -2.14. The first-order valence-corrected chi connectivity index (χ1v) is 4.69. The number of hydrogen-bond acceptors (Lipinski definition) is 2. The van der Waals surface area contributed by atoms with Crippen LogP contribution in [0.3, 0.4) is 0 Å². The molecule has 0 saturated carbocycles. The lowest BCUT2D eigenvalue weighted by molar-refractivity contribution is -0.140. The van der Waals surface area contributed by atoms with E-state index in [0.29, 0.717) is 0 Å². The Labute approximate surface area is 94.9 Å². The minimum Gasteiger partial charge on any atom is -0.481 e. The lowest BCUT2D eigenvalue weighted by atomic mass is 10.0. The summed E-state index contributed by atoms with van der Waals surface area (Å²) in [7, 11) is 0. The molecule has 1 aromatic carbocycles. The highest BCUT2D eigenvalue weighted by Gasteiger charge is 2.33. The lowest BCUT2D eigenvalue weighted by Gasteiger charge is -2.11. The molecule has 1 N–H and O–H groups in total. The van der Waals surface area contributed by atoms with Gasteiger partial charge in [-0.1, -0.05) is 18.2 Å². The number of alkyl halides is 3. The van der Waals surface area contributed by atoms with Crippen LogP contribution in [0.2, 0.25) is 0 Å². The summed E-state index contributed by atoms with van der Waals surface area (Å²) in [4.78, 5) is 21.4. The second kappa shape index (κ2) is 4.99. The number of carboxylic acids is 1. The summed E-state index contributed by atoms with van der Waals surface area (Å²) in [6.45, 7) is 0. The van der Waals surface area contributed by atoms with Gasteiger partial charge in [0, 0.05) is 6.42 Å². The minimum absolute atomic E-state index is 0.203. The molecule has 17 heavy (non-hydrogen) atoms. The first-order chi connectivity index (χ1) is 7.80. The van der Waals surface area contributed by atoms with Crippen molar-refractivity contribution >= 4 is 11.8 Å². The van der Waals surface area contributed by atoms with Crippen LogP contribution in [0.25, 0.3) is 0 Å². The maximum atomic E-state index is 12.5. The molecule has 0 aliphatic rings. The highest BCUT2D eigenvalue weighted by atomic mass is 19.4. The fourth-order valence-corrected chi connectivity index (χ4v) is 1.39. The Morgan fingerprint density at radius 1 is 1.18 bits per heavy atom. The first-order valence-electron chi connectivity index (χ1n) is 4.69. The SMILES string of the molecule is O=C(O)CC(=O)Cc1ccccc1C(F)(F)F. The molecule has 0 amide bonds. The molecule has 0 heterocycles. The zero-order chi connectivity index (χ0) is 13.1. The van der Waals surface area contributed by atoms with Gasteiger partial charge in [-0.25, -0.2) is 0 Å². The van der Waals surface area contributed by atoms with Crippen LogP contribution in [0.5, 0.6) is 0 Å². The van der Waals surface area contributed by atoms with Crippen LogP contribution < -0.4 is 0 Å². The van der Waals surface area contributed by atoms with E-state index in [4.69, 9.17) is 5.11 Å². The third-order valence-corrected chi connectivity index (χ3v) is 2.06. The average Bonchev–Trinajstić information content (AvgIpc) is 2.15. The van der Waals surface area contributed by atoms with Gasteiger partial charge in [-0.05, 0) is 11.6 Å². The summed E-state index contributed by atoms with van der Waals surface area (Å²) in [5.74, 6) is -2.10. The monoisotopic (exact) mass is 246 g/mol. The average molecular weight is 246 g/mol. The molecule has 0 radical (unpaired) electrons. The fourth-order valence-electron chi connectivity index (χ4n) is 1.39. The van der Waals surface area contributed by atoms with Gasteiger partial charge in [0.15, 0.2) is 0 Å². The molecule has 0 fully saturated rings. The topological polar surface area (TPSA) is 54.4 Å². The quantitative estimate of drug-likeness (QED) is 0.829. The minimum atomic E-state index is -4.54. The molecule has 0 unspecified atom stereocenters. The van der Waals surface area contributed by atoms with E-state index in [1.165, 1.54) is 18.2 Å². The number of carbonyl (C=O) groups excluding carboxylic acids is 1. The predicted octanol–water partition coefficient (Wildman–Crippen LogP) is 2.29. The molecule has 92 valence electrons.